The van der Waals surface area contributed by atoms with Crippen molar-refractivity contribution < 1.29 is 14.3 Å². The number of amides is 2. The number of rotatable bonds is 9. The van der Waals surface area contributed by atoms with Crippen molar-refractivity contribution >= 4 is 34.8 Å². The molecular weight excluding hydrogens is 426 g/mol. The summed E-state index contributed by atoms with van der Waals surface area (Å²) in [4.78, 5) is 25.2. The van der Waals surface area contributed by atoms with E-state index in [4.69, 9.17) is 16.3 Å². The molecule has 2 aromatic carbocycles. The van der Waals surface area contributed by atoms with Gasteiger partial charge < -0.3 is 20.7 Å². The summed E-state index contributed by atoms with van der Waals surface area (Å²) >= 11 is 6.27. The maximum atomic E-state index is 12.7. The van der Waals surface area contributed by atoms with E-state index < -0.39 is 0 Å². The highest BCUT2D eigenvalue weighted by Gasteiger charge is 2.19. The number of nitrogens with one attached hydrogen (secondary N) is 3. The first-order valence-corrected chi connectivity index (χ1v) is 11.7. The minimum absolute atomic E-state index is 0.0455. The maximum absolute atomic E-state index is 12.7. The van der Waals surface area contributed by atoms with E-state index in [1.54, 1.807) is 18.2 Å². The third-order valence-corrected chi connectivity index (χ3v) is 5.67. The quantitative estimate of drug-likeness (QED) is 0.465. The lowest BCUT2D eigenvalue weighted by Crippen LogP contribution is -2.36. The molecule has 6 nitrogen and oxygen atoms in total. The molecule has 0 heterocycles. The molecule has 0 radical (unpaired) electrons. The van der Waals surface area contributed by atoms with Gasteiger partial charge in [-0.25, -0.2) is 0 Å². The topological polar surface area (TPSA) is 79.5 Å². The number of carbonyl (C=O) groups excluding carboxylic acids is 2. The molecule has 172 valence electrons. The predicted octanol–water partition coefficient (Wildman–Crippen LogP) is 5.49. The average Bonchev–Trinajstić information content (AvgIpc) is 2.78. The Morgan fingerprint density at radius 3 is 2.59 bits per heavy atom. The van der Waals surface area contributed by atoms with Crippen molar-refractivity contribution in [3.8, 4) is 5.75 Å². The fourth-order valence-electron chi connectivity index (χ4n) is 3.65. The van der Waals surface area contributed by atoms with Gasteiger partial charge in [-0.1, -0.05) is 56.8 Å². The van der Waals surface area contributed by atoms with Crippen molar-refractivity contribution in [1.82, 2.24) is 5.32 Å². The second-order valence-corrected chi connectivity index (χ2v) is 9.01. The Balaban J connectivity index is 1.57. The van der Waals surface area contributed by atoms with Gasteiger partial charge in [-0.15, -0.1) is 0 Å². The number of carbonyl (C=O) groups is 2. The molecular formula is C25H32ClN3O3. The van der Waals surface area contributed by atoms with Gasteiger partial charge in [0.25, 0.3) is 5.91 Å². The first kappa shape index (κ1) is 23.9. The van der Waals surface area contributed by atoms with Crippen molar-refractivity contribution in [3.05, 3.63) is 53.1 Å². The normalized spacial score (nSPS) is 14.1. The zero-order chi connectivity index (χ0) is 22.9. The monoisotopic (exact) mass is 457 g/mol. The van der Waals surface area contributed by atoms with E-state index in [-0.39, 0.29) is 24.4 Å². The smallest absolute Gasteiger partial charge is 0.253 e. The Bertz CT molecular complexity index is 926. The molecule has 0 bridgehead atoms. The van der Waals surface area contributed by atoms with Gasteiger partial charge in [0.1, 0.15) is 5.75 Å². The Morgan fingerprint density at radius 2 is 1.84 bits per heavy atom. The molecule has 7 heteroatoms. The van der Waals surface area contributed by atoms with Gasteiger partial charge in [0, 0.05) is 11.7 Å². The van der Waals surface area contributed by atoms with Gasteiger partial charge in [0.05, 0.1) is 29.4 Å². The van der Waals surface area contributed by atoms with Crippen LogP contribution in [0.5, 0.6) is 5.75 Å². The number of benzene rings is 2. The highest BCUT2D eigenvalue weighted by molar-refractivity contribution is 6.34. The van der Waals surface area contributed by atoms with E-state index >= 15 is 0 Å². The minimum Gasteiger partial charge on any atom is -0.491 e. The van der Waals surface area contributed by atoms with Crippen molar-refractivity contribution in [1.29, 1.82) is 0 Å². The SMILES string of the molecule is CC(C)COc1ccccc1NC(=O)CNc1ccc(Cl)c(C(=O)NC2CCCCC2)c1. The minimum atomic E-state index is -0.214. The molecule has 3 rings (SSSR count). The Kier molecular flexibility index (Phi) is 8.80. The highest BCUT2D eigenvalue weighted by Crippen LogP contribution is 2.25. The Hall–Kier alpha value is -2.73. The van der Waals surface area contributed by atoms with Crippen LogP contribution >= 0.6 is 11.6 Å². The van der Waals surface area contributed by atoms with Crippen LogP contribution in [-0.2, 0) is 4.79 Å². The van der Waals surface area contributed by atoms with E-state index in [0.717, 1.165) is 25.7 Å². The van der Waals surface area contributed by atoms with Crippen LogP contribution in [0.2, 0.25) is 5.02 Å². The summed E-state index contributed by atoms with van der Waals surface area (Å²) in [5.41, 5.74) is 1.70. The molecule has 1 aliphatic rings. The number of hydrogen-bond acceptors (Lipinski definition) is 4. The Morgan fingerprint density at radius 1 is 1.09 bits per heavy atom. The van der Waals surface area contributed by atoms with Gasteiger partial charge in [-0.2, -0.15) is 0 Å². The van der Waals surface area contributed by atoms with Crippen LogP contribution in [-0.4, -0.2) is 31.0 Å². The predicted molar refractivity (Wildman–Crippen MR) is 130 cm³/mol. The molecule has 1 fully saturated rings. The molecule has 0 aromatic heterocycles. The van der Waals surface area contributed by atoms with Gasteiger partial charge in [0.2, 0.25) is 5.91 Å². The second kappa shape index (κ2) is 11.8. The van der Waals surface area contributed by atoms with Crippen LogP contribution in [0, 0.1) is 5.92 Å². The molecule has 2 aromatic rings. The maximum Gasteiger partial charge on any atom is 0.253 e. The van der Waals surface area contributed by atoms with Crippen LogP contribution in [0.15, 0.2) is 42.5 Å². The summed E-state index contributed by atoms with van der Waals surface area (Å²) in [5.74, 6) is 0.637. The fourth-order valence-corrected chi connectivity index (χ4v) is 3.85. The van der Waals surface area contributed by atoms with Gasteiger partial charge >= 0.3 is 0 Å². The standard InChI is InChI=1S/C25H32ClN3O3/c1-17(2)16-32-23-11-7-6-10-22(23)29-24(30)15-27-19-12-13-21(26)20(14-19)25(31)28-18-8-4-3-5-9-18/h6-7,10-14,17-18,27H,3-5,8-9,15-16H2,1-2H3,(H,28,31)(H,29,30). The van der Waals surface area contributed by atoms with Crippen molar-refractivity contribution in [2.24, 2.45) is 5.92 Å². The van der Waals surface area contributed by atoms with Crippen LogP contribution in [0.1, 0.15) is 56.3 Å². The van der Waals surface area contributed by atoms with E-state index in [2.05, 4.69) is 29.8 Å². The van der Waals surface area contributed by atoms with Crippen molar-refractivity contribution in [2.45, 2.75) is 52.0 Å². The molecule has 0 aliphatic heterocycles. The summed E-state index contributed by atoms with van der Waals surface area (Å²) in [6.45, 7) is 4.76. The molecule has 0 spiro atoms. The first-order chi connectivity index (χ1) is 15.4. The summed E-state index contributed by atoms with van der Waals surface area (Å²) in [7, 11) is 0. The number of anilines is 2. The molecule has 0 unspecified atom stereocenters. The van der Waals surface area contributed by atoms with Crippen LogP contribution in [0.4, 0.5) is 11.4 Å². The molecule has 3 N–H and O–H groups in total. The Labute approximate surface area is 195 Å². The third kappa shape index (κ3) is 7.16. The number of ether oxygens (including phenoxy) is 1. The zero-order valence-electron chi connectivity index (χ0n) is 18.7. The molecule has 2 amide bonds. The fraction of sp³-hybridized carbons (Fsp3) is 0.440. The van der Waals surface area contributed by atoms with Crippen molar-refractivity contribution in [2.75, 3.05) is 23.8 Å². The number of para-hydroxylation sites is 2. The largest absolute Gasteiger partial charge is 0.491 e. The van der Waals surface area contributed by atoms with Gasteiger partial charge in [-0.3, -0.25) is 9.59 Å². The van der Waals surface area contributed by atoms with Crippen LogP contribution in [0.25, 0.3) is 0 Å². The summed E-state index contributed by atoms with van der Waals surface area (Å²) < 4.78 is 5.79. The number of hydrogen-bond donors (Lipinski definition) is 3. The number of halogens is 1. The second-order valence-electron chi connectivity index (χ2n) is 8.61. The van der Waals surface area contributed by atoms with E-state index in [1.807, 2.05) is 24.3 Å². The average molecular weight is 458 g/mol. The first-order valence-electron chi connectivity index (χ1n) is 11.3. The van der Waals surface area contributed by atoms with E-state index in [1.165, 1.54) is 6.42 Å². The summed E-state index contributed by atoms with van der Waals surface area (Å²) in [6, 6.07) is 12.7. The van der Waals surface area contributed by atoms with Gasteiger partial charge in [0.15, 0.2) is 0 Å². The van der Waals surface area contributed by atoms with Crippen molar-refractivity contribution in [3.63, 3.8) is 0 Å². The third-order valence-electron chi connectivity index (χ3n) is 5.34. The lowest BCUT2D eigenvalue weighted by molar-refractivity contribution is -0.114. The molecule has 32 heavy (non-hydrogen) atoms. The highest BCUT2D eigenvalue weighted by atomic mass is 35.5. The molecule has 1 aliphatic carbocycles. The zero-order valence-corrected chi connectivity index (χ0v) is 19.5. The van der Waals surface area contributed by atoms with E-state index in [9.17, 15) is 9.59 Å². The van der Waals surface area contributed by atoms with Crippen LogP contribution < -0.4 is 20.7 Å². The lowest BCUT2D eigenvalue weighted by atomic mass is 9.95. The molecule has 0 saturated heterocycles. The summed E-state index contributed by atoms with van der Waals surface area (Å²) in [5, 5.41) is 9.42. The van der Waals surface area contributed by atoms with Gasteiger partial charge in [-0.05, 0) is 49.1 Å². The molecule has 1 saturated carbocycles. The lowest BCUT2D eigenvalue weighted by Gasteiger charge is -2.23. The summed E-state index contributed by atoms with van der Waals surface area (Å²) in [6.07, 6.45) is 5.51. The van der Waals surface area contributed by atoms with Crippen LogP contribution in [0.3, 0.4) is 0 Å². The molecule has 0 atom stereocenters. The van der Waals surface area contributed by atoms with E-state index in [0.29, 0.717) is 40.2 Å².